The summed E-state index contributed by atoms with van der Waals surface area (Å²) in [5.74, 6) is -0.127. The van der Waals surface area contributed by atoms with E-state index in [0.29, 0.717) is 17.9 Å². The van der Waals surface area contributed by atoms with Gasteiger partial charge >= 0.3 is 0 Å². The highest BCUT2D eigenvalue weighted by atomic mass is 32.2. The lowest BCUT2D eigenvalue weighted by Crippen LogP contribution is -2.36. The number of nitrogens with one attached hydrogen (secondary N) is 1. The maximum absolute atomic E-state index is 12.8. The van der Waals surface area contributed by atoms with Gasteiger partial charge in [-0.2, -0.15) is 9.41 Å². The largest absolute Gasteiger partial charge is 0.504 e. The molecule has 2 rings (SSSR count). The van der Waals surface area contributed by atoms with E-state index < -0.39 is 22.5 Å². The van der Waals surface area contributed by atoms with E-state index in [0.717, 1.165) is 9.87 Å². The second kappa shape index (κ2) is 10.1. The van der Waals surface area contributed by atoms with Crippen LogP contribution in [0.5, 0.6) is 17.2 Å². The lowest BCUT2D eigenvalue weighted by Gasteiger charge is -2.18. The van der Waals surface area contributed by atoms with E-state index in [1.54, 1.807) is 38.1 Å². The number of nitrogens with zero attached hydrogens (tertiary/aromatic N) is 2. The molecular formula is C20H25N3O6S. The fourth-order valence-corrected chi connectivity index (χ4v) is 3.90. The van der Waals surface area contributed by atoms with Gasteiger partial charge in [-0.15, -0.1) is 0 Å². The van der Waals surface area contributed by atoms with Gasteiger partial charge in [0.05, 0.1) is 26.5 Å². The van der Waals surface area contributed by atoms with Crippen molar-refractivity contribution in [3.05, 3.63) is 47.5 Å². The van der Waals surface area contributed by atoms with Crippen LogP contribution in [0.3, 0.4) is 0 Å². The molecule has 2 aromatic rings. The molecule has 0 spiro atoms. The number of carbonyl (C=O) groups excluding carboxylic acids is 1. The van der Waals surface area contributed by atoms with Crippen LogP contribution in [0, 0.1) is 6.92 Å². The maximum Gasteiger partial charge on any atom is 0.255 e. The predicted octanol–water partition coefficient (Wildman–Crippen LogP) is 1.88. The van der Waals surface area contributed by atoms with Crippen molar-refractivity contribution in [3.8, 4) is 17.2 Å². The number of sulfonamides is 1. The number of phenols is 1. The molecule has 9 nitrogen and oxygen atoms in total. The van der Waals surface area contributed by atoms with E-state index in [4.69, 9.17) is 9.47 Å². The smallest absolute Gasteiger partial charge is 0.255 e. The monoisotopic (exact) mass is 435 g/mol. The third kappa shape index (κ3) is 5.71. The molecule has 0 aliphatic carbocycles. The minimum atomic E-state index is -3.94. The maximum atomic E-state index is 12.8. The Kier molecular flexibility index (Phi) is 7.79. The zero-order chi connectivity index (χ0) is 22.3. The molecule has 0 unspecified atom stereocenters. The molecule has 1 amide bonds. The molecule has 0 heterocycles. The summed E-state index contributed by atoms with van der Waals surface area (Å²) in [6.45, 7) is 3.51. The summed E-state index contributed by atoms with van der Waals surface area (Å²) in [6, 6.07) is 9.39. The number of aryl methyl sites for hydroxylation is 1. The standard InChI is InChI=1S/C20H25N3O6S/c1-5-29-18-11-15(7-8-16(18)24)12-21-22-20(25)13-23(3)30(26,27)19-10-14(2)6-9-17(19)28-4/h6-12,24H,5,13H2,1-4H3,(H,22,25). The number of methoxy groups -OCH3 is 1. The first-order valence-electron chi connectivity index (χ1n) is 9.07. The van der Waals surface area contributed by atoms with Gasteiger partial charge in [0.2, 0.25) is 10.0 Å². The molecule has 2 N–H and O–H groups in total. The number of hydrogen-bond donors (Lipinski definition) is 2. The first-order chi connectivity index (χ1) is 14.2. The van der Waals surface area contributed by atoms with Gasteiger partial charge in [-0.05, 0) is 55.3 Å². The number of carbonyl (C=O) groups is 1. The Morgan fingerprint density at radius 2 is 1.97 bits per heavy atom. The van der Waals surface area contributed by atoms with E-state index in [2.05, 4.69) is 10.5 Å². The van der Waals surface area contributed by atoms with E-state index in [1.807, 2.05) is 0 Å². The van der Waals surface area contributed by atoms with Gasteiger partial charge in [-0.3, -0.25) is 4.79 Å². The molecule has 30 heavy (non-hydrogen) atoms. The molecule has 0 radical (unpaired) electrons. The number of benzene rings is 2. The Balaban J connectivity index is 2.05. The summed E-state index contributed by atoms with van der Waals surface area (Å²) >= 11 is 0. The first-order valence-corrected chi connectivity index (χ1v) is 10.5. The van der Waals surface area contributed by atoms with Crippen molar-refractivity contribution in [2.75, 3.05) is 27.3 Å². The number of phenolic OH excluding ortho intramolecular Hbond substituents is 1. The molecule has 0 fully saturated rings. The van der Waals surface area contributed by atoms with Crippen LogP contribution in [0.25, 0.3) is 0 Å². The highest BCUT2D eigenvalue weighted by molar-refractivity contribution is 7.89. The zero-order valence-electron chi connectivity index (χ0n) is 17.2. The Morgan fingerprint density at radius 1 is 1.23 bits per heavy atom. The zero-order valence-corrected chi connectivity index (χ0v) is 18.1. The van der Waals surface area contributed by atoms with Crippen molar-refractivity contribution >= 4 is 22.1 Å². The third-order valence-electron chi connectivity index (χ3n) is 4.06. The summed E-state index contributed by atoms with van der Waals surface area (Å²) in [4.78, 5) is 12.1. The number of likely N-dealkylation sites (N-methyl/N-ethyl adjacent to an activating group) is 1. The van der Waals surface area contributed by atoms with Crippen molar-refractivity contribution in [1.29, 1.82) is 0 Å². The number of hydrogen-bond acceptors (Lipinski definition) is 7. The number of amides is 1. The summed E-state index contributed by atoms with van der Waals surface area (Å²) in [6.07, 6.45) is 1.36. The van der Waals surface area contributed by atoms with E-state index in [1.165, 1.54) is 32.5 Å². The summed E-state index contributed by atoms with van der Waals surface area (Å²) in [5.41, 5.74) is 3.61. The van der Waals surface area contributed by atoms with Crippen LogP contribution >= 0.6 is 0 Å². The minimum absolute atomic E-state index is 0.00329. The number of ether oxygens (including phenoxy) is 2. The van der Waals surface area contributed by atoms with Crippen LogP contribution in [-0.2, 0) is 14.8 Å². The van der Waals surface area contributed by atoms with Crippen molar-refractivity contribution in [1.82, 2.24) is 9.73 Å². The van der Waals surface area contributed by atoms with Gasteiger partial charge in [0.25, 0.3) is 5.91 Å². The van der Waals surface area contributed by atoms with Crippen LogP contribution in [0.4, 0.5) is 0 Å². The molecule has 0 aliphatic rings. The molecule has 0 aliphatic heterocycles. The highest BCUT2D eigenvalue weighted by Gasteiger charge is 2.26. The average Bonchev–Trinajstić information content (AvgIpc) is 2.70. The second-order valence-corrected chi connectivity index (χ2v) is 8.38. The molecule has 0 aromatic heterocycles. The van der Waals surface area contributed by atoms with Gasteiger partial charge < -0.3 is 14.6 Å². The highest BCUT2D eigenvalue weighted by Crippen LogP contribution is 2.27. The van der Waals surface area contributed by atoms with Gasteiger partial charge in [0, 0.05) is 7.05 Å². The van der Waals surface area contributed by atoms with Crippen LogP contribution < -0.4 is 14.9 Å². The Morgan fingerprint density at radius 3 is 2.63 bits per heavy atom. The second-order valence-electron chi connectivity index (χ2n) is 6.37. The summed E-state index contributed by atoms with van der Waals surface area (Å²) < 4.78 is 37.0. The fraction of sp³-hybridized carbons (Fsp3) is 0.300. The topological polar surface area (TPSA) is 118 Å². The van der Waals surface area contributed by atoms with Crippen LogP contribution in [-0.4, -0.2) is 57.3 Å². The normalized spacial score (nSPS) is 11.6. The summed E-state index contributed by atoms with van der Waals surface area (Å²) in [7, 11) is -1.26. The summed E-state index contributed by atoms with van der Waals surface area (Å²) in [5, 5.41) is 13.5. The van der Waals surface area contributed by atoms with Crippen molar-refractivity contribution in [2.45, 2.75) is 18.7 Å². The quantitative estimate of drug-likeness (QED) is 0.459. The molecular weight excluding hydrogens is 410 g/mol. The number of aromatic hydroxyl groups is 1. The lowest BCUT2D eigenvalue weighted by atomic mass is 10.2. The van der Waals surface area contributed by atoms with Gasteiger partial charge in [-0.1, -0.05) is 6.07 Å². The average molecular weight is 436 g/mol. The van der Waals surface area contributed by atoms with Crippen LogP contribution in [0.15, 0.2) is 46.4 Å². The van der Waals surface area contributed by atoms with E-state index in [9.17, 15) is 18.3 Å². The molecule has 0 saturated carbocycles. The molecule has 10 heteroatoms. The Bertz CT molecular complexity index is 1040. The number of rotatable bonds is 9. The fourth-order valence-electron chi connectivity index (χ4n) is 2.54. The van der Waals surface area contributed by atoms with Gasteiger partial charge in [-0.25, -0.2) is 13.8 Å². The predicted molar refractivity (Wildman–Crippen MR) is 113 cm³/mol. The van der Waals surface area contributed by atoms with E-state index in [-0.39, 0.29) is 16.4 Å². The van der Waals surface area contributed by atoms with Crippen molar-refractivity contribution < 1.29 is 27.8 Å². The molecule has 162 valence electrons. The van der Waals surface area contributed by atoms with Crippen LogP contribution in [0.1, 0.15) is 18.1 Å². The van der Waals surface area contributed by atoms with Gasteiger partial charge in [0.1, 0.15) is 10.6 Å². The lowest BCUT2D eigenvalue weighted by molar-refractivity contribution is -0.121. The Labute approximate surface area is 176 Å². The Hall–Kier alpha value is -3.11. The van der Waals surface area contributed by atoms with E-state index >= 15 is 0 Å². The molecule has 0 saturated heterocycles. The van der Waals surface area contributed by atoms with Crippen molar-refractivity contribution in [3.63, 3.8) is 0 Å². The third-order valence-corrected chi connectivity index (χ3v) is 5.88. The van der Waals surface area contributed by atoms with Crippen molar-refractivity contribution in [2.24, 2.45) is 5.10 Å². The van der Waals surface area contributed by atoms with Gasteiger partial charge in [0.15, 0.2) is 11.5 Å². The van der Waals surface area contributed by atoms with Crippen LogP contribution in [0.2, 0.25) is 0 Å². The molecule has 2 aromatic carbocycles. The SMILES string of the molecule is CCOc1cc(C=NNC(=O)CN(C)S(=O)(=O)c2cc(C)ccc2OC)ccc1O. The first kappa shape index (κ1) is 23.2. The molecule has 0 atom stereocenters. The molecule has 0 bridgehead atoms. The minimum Gasteiger partial charge on any atom is -0.504 e. The number of hydrazone groups is 1.